The minimum Gasteiger partial charge on any atom is -0.283 e. The predicted molar refractivity (Wildman–Crippen MR) is 67.4 cm³/mol. The van der Waals surface area contributed by atoms with Crippen LogP contribution in [0.3, 0.4) is 0 Å². The topological polar surface area (TPSA) is 69.0 Å². The molecule has 20 heavy (non-hydrogen) atoms. The highest BCUT2D eigenvalue weighted by Gasteiger charge is 2.35. The van der Waals surface area contributed by atoms with E-state index in [1.807, 2.05) is 6.07 Å². The quantitative estimate of drug-likeness (QED) is 0.511. The first-order valence-corrected chi connectivity index (χ1v) is 6.72. The third-order valence-corrected chi connectivity index (χ3v) is 2.75. The van der Waals surface area contributed by atoms with Gasteiger partial charge in [-0.3, -0.25) is 15.2 Å². The van der Waals surface area contributed by atoms with Gasteiger partial charge in [-0.25, -0.2) is 0 Å². The van der Waals surface area contributed by atoms with Crippen molar-refractivity contribution in [2.75, 3.05) is 18.7 Å². The van der Waals surface area contributed by atoms with E-state index in [-0.39, 0.29) is 12.4 Å². The van der Waals surface area contributed by atoms with Crippen LogP contribution in [0.1, 0.15) is 15.9 Å². The van der Waals surface area contributed by atoms with Gasteiger partial charge in [0.25, 0.3) is 5.91 Å². The summed E-state index contributed by atoms with van der Waals surface area (Å²) in [5.74, 6) is -0.671. The van der Waals surface area contributed by atoms with Gasteiger partial charge in [0.15, 0.2) is 0 Å². The Balaban J connectivity index is 2.95. The first kappa shape index (κ1) is 16.3. The van der Waals surface area contributed by atoms with Gasteiger partial charge in [-0.2, -0.15) is 23.4 Å². The maximum Gasteiger partial charge on any atom is 0.417 e. The SMILES string of the molecule is CSCN(CC#N)NC(=O)c1cnccc1C(F)(F)F. The number of aromatic nitrogens is 1. The number of hydrogen-bond donors (Lipinski definition) is 1. The highest BCUT2D eigenvalue weighted by atomic mass is 32.2. The number of amides is 1. The maximum absolute atomic E-state index is 12.8. The fraction of sp³-hybridized carbons (Fsp3) is 0.364. The van der Waals surface area contributed by atoms with Crippen LogP contribution >= 0.6 is 11.8 Å². The summed E-state index contributed by atoms with van der Waals surface area (Å²) in [6, 6.07) is 2.55. The lowest BCUT2D eigenvalue weighted by molar-refractivity contribution is -0.138. The first-order valence-electron chi connectivity index (χ1n) is 5.33. The van der Waals surface area contributed by atoms with Crippen molar-refractivity contribution in [2.24, 2.45) is 0 Å². The minimum atomic E-state index is -4.64. The van der Waals surface area contributed by atoms with Gasteiger partial charge in [0.1, 0.15) is 6.54 Å². The van der Waals surface area contributed by atoms with Crippen LogP contribution in [0.15, 0.2) is 18.5 Å². The summed E-state index contributed by atoms with van der Waals surface area (Å²) in [4.78, 5) is 15.4. The highest BCUT2D eigenvalue weighted by Crippen LogP contribution is 2.31. The van der Waals surface area contributed by atoms with E-state index in [2.05, 4.69) is 10.4 Å². The molecule has 1 rings (SSSR count). The average Bonchev–Trinajstić information content (AvgIpc) is 2.38. The monoisotopic (exact) mass is 304 g/mol. The molecule has 0 atom stereocenters. The number of alkyl halides is 3. The van der Waals surface area contributed by atoms with Crippen LogP contribution in [-0.4, -0.2) is 34.6 Å². The zero-order valence-electron chi connectivity index (χ0n) is 10.4. The summed E-state index contributed by atoms with van der Waals surface area (Å²) in [5.41, 5.74) is 0.615. The lowest BCUT2D eigenvalue weighted by atomic mass is 10.1. The number of nitriles is 1. The number of rotatable bonds is 5. The number of carbonyl (C=O) groups is 1. The van der Waals surface area contributed by atoms with E-state index < -0.39 is 23.2 Å². The van der Waals surface area contributed by atoms with Crippen molar-refractivity contribution in [2.45, 2.75) is 6.18 Å². The zero-order valence-corrected chi connectivity index (χ0v) is 11.3. The Morgan fingerprint density at radius 1 is 1.60 bits per heavy atom. The van der Waals surface area contributed by atoms with Gasteiger partial charge in [0, 0.05) is 12.4 Å². The van der Waals surface area contributed by atoms with Crippen LogP contribution in [-0.2, 0) is 6.18 Å². The molecular weight excluding hydrogens is 293 g/mol. The third kappa shape index (κ3) is 4.40. The van der Waals surface area contributed by atoms with Crippen LogP contribution in [0.4, 0.5) is 13.2 Å². The molecule has 0 aliphatic rings. The number of thioether (sulfide) groups is 1. The molecule has 1 aromatic rings. The third-order valence-electron chi connectivity index (χ3n) is 2.18. The zero-order chi connectivity index (χ0) is 15.2. The summed E-state index contributed by atoms with van der Waals surface area (Å²) in [5, 5.41) is 9.81. The van der Waals surface area contributed by atoms with E-state index in [9.17, 15) is 18.0 Å². The molecule has 5 nitrogen and oxygen atoms in total. The Labute approximate surface area is 117 Å². The fourth-order valence-electron chi connectivity index (χ4n) is 1.39. The molecule has 108 valence electrons. The molecule has 0 aliphatic carbocycles. The van der Waals surface area contributed by atoms with E-state index in [4.69, 9.17) is 5.26 Å². The lowest BCUT2D eigenvalue weighted by Gasteiger charge is -2.20. The molecule has 0 unspecified atom stereocenters. The maximum atomic E-state index is 12.8. The number of carbonyl (C=O) groups excluding carboxylic acids is 1. The molecule has 1 amide bonds. The van der Waals surface area contributed by atoms with Gasteiger partial charge in [-0.05, 0) is 12.3 Å². The summed E-state index contributed by atoms with van der Waals surface area (Å²) < 4.78 is 38.3. The summed E-state index contributed by atoms with van der Waals surface area (Å²) >= 11 is 1.32. The molecule has 1 aromatic heterocycles. The lowest BCUT2D eigenvalue weighted by Crippen LogP contribution is -2.42. The van der Waals surface area contributed by atoms with Crippen molar-refractivity contribution in [3.8, 4) is 6.07 Å². The molecule has 0 aliphatic heterocycles. The van der Waals surface area contributed by atoms with Crippen molar-refractivity contribution in [1.82, 2.24) is 15.4 Å². The molecule has 0 spiro atoms. The Morgan fingerprint density at radius 2 is 2.30 bits per heavy atom. The van der Waals surface area contributed by atoms with Crippen molar-refractivity contribution in [3.05, 3.63) is 29.6 Å². The summed E-state index contributed by atoms with van der Waals surface area (Å²) in [6.07, 6.45) is -1.09. The fourth-order valence-corrected chi connectivity index (χ4v) is 1.85. The number of hydrogen-bond acceptors (Lipinski definition) is 5. The molecular formula is C11H11F3N4OS. The van der Waals surface area contributed by atoms with E-state index in [1.54, 1.807) is 6.26 Å². The van der Waals surface area contributed by atoms with Crippen molar-refractivity contribution in [3.63, 3.8) is 0 Å². The smallest absolute Gasteiger partial charge is 0.283 e. The van der Waals surface area contributed by atoms with Gasteiger partial charge >= 0.3 is 6.18 Å². The molecule has 1 N–H and O–H groups in total. The van der Waals surface area contributed by atoms with E-state index in [0.29, 0.717) is 0 Å². The van der Waals surface area contributed by atoms with Gasteiger partial charge in [-0.1, -0.05) is 0 Å². The highest BCUT2D eigenvalue weighted by molar-refractivity contribution is 7.98. The Bertz CT molecular complexity index is 515. The molecule has 9 heteroatoms. The molecule has 0 saturated carbocycles. The van der Waals surface area contributed by atoms with Crippen LogP contribution in [0.25, 0.3) is 0 Å². The second-order valence-electron chi connectivity index (χ2n) is 3.63. The van der Waals surface area contributed by atoms with Gasteiger partial charge < -0.3 is 0 Å². The molecule has 0 fully saturated rings. The number of halogens is 3. The number of nitrogens with one attached hydrogen (secondary N) is 1. The molecule has 0 radical (unpaired) electrons. The summed E-state index contributed by atoms with van der Waals surface area (Å²) in [7, 11) is 0. The molecule has 0 bridgehead atoms. The molecule has 1 heterocycles. The Morgan fingerprint density at radius 3 is 2.85 bits per heavy atom. The summed E-state index contributed by atoms with van der Waals surface area (Å²) in [6.45, 7) is -0.131. The second-order valence-corrected chi connectivity index (χ2v) is 4.47. The van der Waals surface area contributed by atoms with Crippen molar-refractivity contribution < 1.29 is 18.0 Å². The largest absolute Gasteiger partial charge is 0.417 e. The van der Waals surface area contributed by atoms with Gasteiger partial charge in [0.2, 0.25) is 0 Å². The predicted octanol–water partition coefficient (Wildman–Crippen LogP) is 1.89. The van der Waals surface area contributed by atoms with Gasteiger partial charge in [0.05, 0.1) is 23.1 Å². The molecule has 0 saturated heterocycles. The first-order chi connectivity index (χ1) is 9.40. The number of hydrazine groups is 1. The minimum absolute atomic E-state index is 0.131. The van der Waals surface area contributed by atoms with E-state index in [1.165, 1.54) is 16.8 Å². The van der Waals surface area contributed by atoms with Gasteiger partial charge in [-0.15, -0.1) is 11.8 Å². The van der Waals surface area contributed by atoms with Crippen LogP contribution in [0.5, 0.6) is 0 Å². The second kappa shape index (κ2) is 7.12. The number of nitrogens with zero attached hydrogens (tertiary/aromatic N) is 3. The van der Waals surface area contributed by atoms with Crippen molar-refractivity contribution in [1.29, 1.82) is 5.26 Å². The normalized spacial score (nSPS) is 11.2. The Kier molecular flexibility index (Phi) is 5.79. The van der Waals surface area contributed by atoms with Crippen LogP contribution in [0.2, 0.25) is 0 Å². The van der Waals surface area contributed by atoms with E-state index in [0.717, 1.165) is 18.5 Å². The molecule has 0 aromatic carbocycles. The van der Waals surface area contributed by atoms with Crippen molar-refractivity contribution >= 4 is 17.7 Å². The van der Waals surface area contributed by atoms with E-state index >= 15 is 0 Å². The number of pyridine rings is 1. The Hall–Kier alpha value is -1.79. The van der Waals surface area contributed by atoms with Crippen LogP contribution in [0, 0.1) is 11.3 Å². The standard InChI is InChI=1S/C11H11F3N4OS/c1-20-7-18(5-3-15)17-10(19)8-6-16-4-2-9(8)11(12,13)14/h2,4,6H,5,7H2,1H3,(H,17,19). The van der Waals surface area contributed by atoms with Crippen LogP contribution < -0.4 is 5.43 Å². The average molecular weight is 304 g/mol.